The fraction of sp³-hybridized carbons (Fsp3) is 0.545. The first kappa shape index (κ1) is 13.2. The minimum absolute atomic E-state index is 0.0493. The van der Waals surface area contributed by atoms with Crippen molar-refractivity contribution in [2.45, 2.75) is 39.3 Å². The molecule has 0 fully saturated rings. The smallest absolute Gasteiger partial charge is 0.338 e. The average Bonchev–Trinajstić information content (AvgIpc) is 2.75. The molecule has 17 heavy (non-hydrogen) atoms. The molecule has 2 N–H and O–H groups in total. The zero-order valence-electron chi connectivity index (χ0n) is 10.0. The molecular weight excluding hydrogens is 222 g/mol. The Bertz CT molecular complexity index is 400. The molecule has 0 aromatic carbocycles. The lowest BCUT2D eigenvalue weighted by atomic mass is 10.2. The van der Waals surface area contributed by atoms with Crippen LogP contribution < -0.4 is 5.32 Å². The summed E-state index contributed by atoms with van der Waals surface area (Å²) in [5.74, 6) is -1.06. The van der Waals surface area contributed by atoms with Crippen molar-refractivity contribution in [1.82, 2.24) is 15.1 Å². The summed E-state index contributed by atoms with van der Waals surface area (Å²) < 4.78 is 1.46. The second-order valence-corrected chi connectivity index (χ2v) is 3.92. The number of carbonyl (C=O) groups excluding carboxylic acids is 1. The monoisotopic (exact) mass is 239 g/mol. The summed E-state index contributed by atoms with van der Waals surface area (Å²) in [5.41, 5.74) is 0.132. The highest BCUT2D eigenvalue weighted by Crippen LogP contribution is 1.99. The van der Waals surface area contributed by atoms with Gasteiger partial charge in [-0.3, -0.25) is 9.48 Å². The van der Waals surface area contributed by atoms with Crippen molar-refractivity contribution in [1.29, 1.82) is 0 Å². The van der Waals surface area contributed by atoms with Crippen molar-refractivity contribution >= 4 is 11.9 Å². The minimum atomic E-state index is -1.01. The number of aromatic nitrogens is 2. The zero-order valence-corrected chi connectivity index (χ0v) is 10.0. The Morgan fingerprint density at radius 2 is 2.29 bits per heavy atom. The number of rotatable bonds is 6. The lowest BCUT2D eigenvalue weighted by Gasteiger charge is -2.10. The molecular formula is C11H17N3O3. The van der Waals surface area contributed by atoms with Gasteiger partial charge in [0, 0.05) is 25.2 Å². The van der Waals surface area contributed by atoms with E-state index in [1.165, 1.54) is 17.1 Å². The normalized spacial score (nSPS) is 12.1. The molecule has 0 bridgehead atoms. The molecule has 1 aromatic heterocycles. The molecule has 1 amide bonds. The third-order valence-corrected chi connectivity index (χ3v) is 2.47. The Kier molecular flexibility index (Phi) is 4.68. The molecule has 0 aliphatic rings. The average molecular weight is 239 g/mol. The van der Waals surface area contributed by atoms with E-state index < -0.39 is 5.97 Å². The number of aryl methyl sites for hydroxylation is 1. The summed E-state index contributed by atoms with van der Waals surface area (Å²) in [4.78, 5) is 22.1. The Morgan fingerprint density at radius 1 is 1.59 bits per heavy atom. The van der Waals surface area contributed by atoms with Gasteiger partial charge >= 0.3 is 5.97 Å². The summed E-state index contributed by atoms with van der Waals surface area (Å²) >= 11 is 0. The van der Waals surface area contributed by atoms with E-state index in [2.05, 4.69) is 10.4 Å². The van der Waals surface area contributed by atoms with Crippen molar-refractivity contribution in [2.24, 2.45) is 0 Å². The Morgan fingerprint density at radius 3 is 2.82 bits per heavy atom. The number of amides is 1. The minimum Gasteiger partial charge on any atom is -0.478 e. The summed E-state index contributed by atoms with van der Waals surface area (Å²) in [6.45, 7) is 4.32. The van der Waals surface area contributed by atoms with Crippen molar-refractivity contribution in [3.63, 3.8) is 0 Å². The number of hydrogen-bond donors (Lipinski definition) is 2. The van der Waals surface area contributed by atoms with E-state index in [0.29, 0.717) is 13.0 Å². The lowest BCUT2D eigenvalue weighted by molar-refractivity contribution is -0.121. The molecule has 1 atom stereocenters. The molecule has 1 rings (SSSR count). The van der Waals surface area contributed by atoms with Crippen molar-refractivity contribution < 1.29 is 14.7 Å². The molecule has 0 radical (unpaired) electrons. The zero-order chi connectivity index (χ0) is 12.8. The molecule has 0 saturated heterocycles. The van der Waals surface area contributed by atoms with Crippen LogP contribution in [0.2, 0.25) is 0 Å². The number of carboxylic acid groups (broad SMARTS) is 1. The van der Waals surface area contributed by atoms with Crippen LogP contribution in [0.15, 0.2) is 12.4 Å². The molecule has 0 spiro atoms. The first-order chi connectivity index (χ1) is 8.02. The van der Waals surface area contributed by atoms with Crippen LogP contribution in [0.1, 0.15) is 37.0 Å². The Labute approximate surface area is 99.6 Å². The van der Waals surface area contributed by atoms with Crippen molar-refractivity contribution in [3.8, 4) is 0 Å². The van der Waals surface area contributed by atoms with E-state index in [0.717, 1.165) is 6.42 Å². The van der Waals surface area contributed by atoms with E-state index >= 15 is 0 Å². The maximum atomic E-state index is 11.5. The largest absolute Gasteiger partial charge is 0.478 e. The summed E-state index contributed by atoms with van der Waals surface area (Å²) in [7, 11) is 0. The van der Waals surface area contributed by atoms with Gasteiger partial charge in [-0.15, -0.1) is 0 Å². The summed E-state index contributed by atoms with van der Waals surface area (Å²) in [6.07, 6.45) is 3.87. The van der Waals surface area contributed by atoms with Gasteiger partial charge in [0.15, 0.2) is 0 Å². The van der Waals surface area contributed by atoms with E-state index in [1.54, 1.807) is 0 Å². The number of hydrogen-bond acceptors (Lipinski definition) is 3. The van der Waals surface area contributed by atoms with Crippen LogP contribution in [0, 0.1) is 0 Å². The van der Waals surface area contributed by atoms with Gasteiger partial charge in [0.2, 0.25) is 5.91 Å². The number of aromatic carboxylic acids is 1. The molecule has 0 saturated carbocycles. The third kappa shape index (κ3) is 4.26. The molecule has 1 heterocycles. The summed E-state index contributed by atoms with van der Waals surface area (Å²) in [6, 6.07) is 0.162. The standard InChI is InChI=1S/C11H17N3O3/c1-3-8(2)13-10(15)4-5-14-7-9(6-12-14)11(16)17/h6-8H,3-5H2,1-2H3,(H,13,15)(H,16,17). The van der Waals surface area contributed by atoms with Crippen LogP contribution in [-0.4, -0.2) is 32.8 Å². The highest BCUT2D eigenvalue weighted by atomic mass is 16.4. The second kappa shape index (κ2) is 6.03. The van der Waals surface area contributed by atoms with E-state index in [9.17, 15) is 9.59 Å². The van der Waals surface area contributed by atoms with Gasteiger partial charge in [-0.05, 0) is 13.3 Å². The highest BCUT2D eigenvalue weighted by Gasteiger charge is 2.08. The van der Waals surface area contributed by atoms with Crippen LogP contribution in [0.3, 0.4) is 0 Å². The van der Waals surface area contributed by atoms with Crippen LogP contribution >= 0.6 is 0 Å². The quantitative estimate of drug-likeness (QED) is 0.772. The molecule has 0 aliphatic carbocycles. The molecule has 6 heteroatoms. The van der Waals surface area contributed by atoms with Crippen LogP contribution in [0.4, 0.5) is 0 Å². The van der Waals surface area contributed by atoms with Gasteiger partial charge in [0.1, 0.15) is 0 Å². The molecule has 1 aromatic rings. The van der Waals surface area contributed by atoms with Gasteiger partial charge in [0.25, 0.3) is 0 Å². The van der Waals surface area contributed by atoms with Crippen LogP contribution in [0.5, 0.6) is 0 Å². The van der Waals surface area contributed by atoms with Crippen molar-refractivity contribution in [2.75, 3.05) is 0 Å². The van der Waals surface area contributed by atoms with Crippen molar-refractivity contribution in [3.05, 3.63) is 18.0 Å². The predicted octanol–water partition coefficient (Wildman–Crippen LogP) is 0.886. The number of carboxylic acids is 1. The first-order valence-corrected chi connectivity index (χ1v) is 5.58. The SMILES string of the molecule is CCC(C)NC(=O)CCn1cc(C(=O)O)cn1. The highest BCUT2D eigenvalue weighted by molar-refractivity contribution is 5.86. The van der Waals surface area contributed by atoms with E-state index in [4.69, 9.17) is 5.11 Å². The van der Waals surface area contributed by atoms with Gasteiger partial charge in [-0.1, -0.05) is 6.92 Å². The molecule has 94 valence electrons. The van der Waals surface area contributed by atoms with Gasteiger partial charge in [-0.25, -0.2) is 4.79 Å². The van der Waals surface area contributed by atoms with E-state index in [-0.39, 0.29) is 17.5 Å². The topological polar surface area (TPSA) is 84.2 Å². The maximum Gasteiger partial charge on any atom is 0.338 e. The predicted molar refractivity (Wildman–Crippen MR) is 61.7 cm³/mol. The molecule has 0 aliphatic heterocycles. The van der Waals surface area contributed by atoms with Gasteiger partial charge in [0.05, 0.1) is 11.8 Å². The molecule has 1 unspecified atom stereocenters. The second-order valence-electron chi connectivity index (χ2n) is 3.92. The van der Waals surface area contributed by atoms with Crippen LogP contribution in [-0.2, 0) is 11.3 Å². The Hall–Kier alpha value is -1.85. The maximum absolute atomic E-state index is 11.5. The Balaban J connectivity index is 2.39. The third-order valence-electron chi connectivity index (χ3n) is 2.47. The number of carbonyl (C=O) groups is 2. The lowest BCUT2D eigenvalue weighted by Crippen LogP contribution is -2.32. The number of nitrogens with one attached hydrogen (secondary N) is 1. The fourth-order valence-electron chi connectivity index (χ4n) is 1.26. The molecule has 6 nitrogen and oxygen atoms in total. The summed E-state index contributed by atoms with van der Waals surface area (Å²) in [5, 5.41) is 15.4. The first-order valence-electron chi connectivity index (χ1n) is 5.58. The van der Waals surface area contributed by atoms with Gasteiger partial charge < -0.3 is 10.4 Å². The van der Waals surface area contributed by atoms with Crippen LogP contribution in [0.25, 0.3) is 0 Å². The van der Waals surface area contributed by atoms with Gasteiger partial charge in [-0.2, -0.15) is 5.10 Å². The fourth-order valence-corrected chi connectivity index (χ4v) is 1.26. The number of nitrogens with zero attached hydrogens (tertiary/aromatic N) is 2. The van der Waals surface area contributed by atoms with E-state index in [1.807, 2.05) is 13.8 Å².